The second-order valence-corrected chi connectivity index (χ2v) is 2.59. The van der Waals surface area contributed by atoms with Crippen LogP contribution >= 0.6 is 0 Å². The van der Waals surface area contributed by atoms with E-state index < -0.39 is 6.04 Å². The summed E-state index contributed by atoms with van der Waals surface area (Å²) in [5, 5.41) is 11.3. The fourth-order valence-electron chi connectivity index (χ4n) is 0.609. The van der Waals surface area contributed by atoms with Gasteiger partial charge in [-0.2, -0.15) is 0 Å². The van der Waals surface area contributed by atoms with Crippen LogP contribution in [0, 0.1) is 0 Å². The lowest BCUT2D eigenvalue weighted by molar-refractivity contribution is -0.123. The Kier molecular flexibility index (Phi) is 4.81. The third kappa shape index (κ3) is 3.95. The van der Waals surface area contributed by atoms with Crippen molar-refractivity contribution in [2.75, 3.05) is 6.61 Å². The summed E-state index contributed by atoms with van der Waals surface area (Å²) >= 11 is 0. The van der Waals surface area contributed by atoms with Gasteiger partial charge in [-0.1, -0.05) is 6.92 Å². The Balaban J connectivity index is 3.72. The monoisotopic (exact) mass is 160 g/mol. The van der Waals surface area contributed by atoms with Gasteiger partial charge in [0, 0.05) is 0 Å². The molecule has 0 bridgehead atoms. The first kappa shape index (κ1) is 10.4. The quantitative estimate of drug-likeness (QED) is 0.505. The van der Waals surface area contributed by atoms with Crippen LogP contribution in [0.2, 0.25) is 0 Å². The van der Waals surface area contributed by atoms with Crippen LogP contribution in [0.1, 0.15) is 20.3 Å². The van der Waals surface area contributed by atoms with Crippen molar-refractivity contribution in [3.63, 3.8) is 0 Å². The van der Waals surface area contributed by atoms with Gasteiger partial charge >= 0.3 is 0 Å². The van der Waals surface area contributed by atoms with Gasteiger partial charge in [-0.15, -0.1) is 0 Å². The molecule has 0 aliphatic carbocycles. The maximum Gasteiger partial charge on any atom is 0.236 e. The Morgan fingerprint density at radius 2 is 2.27 bits per heavy atom. The molecule has 0 radical (unpaired) electrons. The number of amides is 1. The third-order valence-electron chi connectivity index (χ3n) is 1.47. The molecule has 66 valence electrons. The van der Waals surface area contributed by atoms with Crippen molar-refractivity contribution >= 4 is 5.91 Å². The first-order valence-electron chi connectivity index (χ1n) is 3.78. The number of carbonyl (C=O) groups is 1. The van der Waals surface area contributed by atoms with Crippen LogP contribution in [0.25, 0.3) is 0 Å². The fourth-order valence-corrected chi connectivity index (χ4v) is 0.609. The molecular formula is C7H16N2O2. The number of nitrogens with one attached hydrogen (secondary N) is 1. The van der Waals surface area contributed by atoms with Crippen molar-refractivity contribution in [2.45, 2.75) is 32.4 Å². The SMILES string of the molecule is CCC(CO)NC(=O)C(C)N. The average Bonchev–Trinajstić information content (AvgIpc) is 1.99. The minimum atomic E-state index is -0.504. The Bertz CT molecular complexity index is 122. The maximum absolute atomic E-state index is 10.9. The number of aliphatic hydroxyl groups excluding tert-OH is 1. The molecule has 0 aromatic carbocycles. The first-order chi connectivity index (χ1) is 5.11. The Morgan fingerprint density at radius 1 is 1.73 bits per heavy atom. The van der Waals surface area contributed by atoms with Gasteiger partial charge in [0.05, 0.1) is 18.7 Å². The molecule has 4 nitrogen and oxygen atoms in total. The molecule has 1 amide bonds. The van der Waals surface area contributed by atoms with E-state index in [1.807, 2.05) is 6.92 Å². The van der Waals surface area contributed by atoms with Crippen LogP contribution in [0.5, 0.6) is 0 Å². The van der Waals surface area contributed by atoms with Crippen molar-refractivity contribution in [2.24, 2.45) is 5.73 Å². The second kappa shape index (κ2) is 5.09. The van der Waals surface area contributed by atoms with Crippen LogP contribution < -0.4 is 11.1 Å². The fraction of sp³-hybridized carbons (Fsp3) is 0.857. The van der Waals surface area contributed by atoms with Crippen molar-refractivity contribution < 1.29 is 9.90 Å². The van der Waals surface area contributed by atoms with E-state index in [4.69, 9.17) is 10.8 Å². The third-order valence-corrected chi connectivity index (χ3v) is 1.47. The predicted molar refractivity (Wildman–Crippen MR) is 43.0 cm³/mol. The molecular weight excluding hydrogens is 144 g/mol. The van der Waals surface area contributed by atoms with E-state index in [1.54, 1.807) is 6.92 Å². The van der Waals surface area contributed by atoms with E-state index in [1.165, 1.54) is 0 Å². The largest absolute Gasteiger partial charge is 0.394 e. The molecule has 0 rings (SSSR count). The minimum Gasteiger partial charge on any atom is -0.394 e. The zero-order valence-corrected chi connectivity index (χ0v) is 7.00. The molecule has 2 unspecified atom stereocenters. The lowest BCUT2D eigenvalue weighted by atomic mass is 10.2. The van der Waals surface area contributed by atoms with Crippen LogP contribution in [-0.2, 0) is 4.79 Å². The highest BCUT2D eigenvalue weighted by Crippen LogP contribution is 1.89. The van der Waals surface area contributed by atoms with Gasteiger partial charge in [0.1, 0.15) is 0 Å². The predicted octanol–water partition coefficient (Wildman–Crippen LogP) is -0.779. The number of rotatable bonds is 4. The highest BCUT2D eigenvalue weighted by Gasteiger charge is 2.11. The van der Waals surface area contributed by atoms with Crippen molar-refractivity contribution in [3.8, 4) is 0 Å². The number of carbonyl (C=O) groups excluding carboxylic acids is 1. The molecule has 0 aromatic heterocycles. The molecule has 4 N–H and O–H groups in total. The number of nitrogens with two attached hydrogens (primary N) is 1. The van der Waals surface area contributed by atoms with E-state index in [2.05, 4.69) is 5.32 Å². The molecule has 0 saturated heterocycles. The summed E-state index contributed by atoms with van der Waals surface area (Å²) in [6.45, 7) is 3.47. The normalized spacial score (nSPS) is 15.6. The maximum atomic E-state index is 10.9. The molecule has 0 spiro atoms. The van der Waals surface area contributed by atoms with E-state index in [-0.39, 0.29) is 18.6 Å². The van der Waals surface area contributed by atoms with Crippen LogP contribution in [-0.4, -0.2) is 29.7 Å². The molecule has 0 saturated carbocycles. The average molecular weight is 160 g/mol. The Labute approximate surface area is 66.8 Å². The van der Waals surface area contributed by atoms with Crippen molar-refractivity contribution in [3.05, 3.63) is 0 Å². The minimum absolute atomic E-state index is 0.0328. The summed E-state index contributed by atoms with van der Waals surface area (Å²) in [4.78, 5) is 10.9. The van der Waals surface area contributed by atoms with E-state index in [9.17, 15) is 4.79 Å². The molecule has 4 heteroatoms. The second-order valence-electron chi connectivity index (χ2n) is 2.59. The van der Waals surface area contributed by atoms with Crippen LogP contribution in [0.15, 0.2) is 0 Å². The summed E-state index contributed by atoms with van der Waals surface area (Å²) in [5.74, 6) is -0.217. The van der Waals surface area contributed by atoms with Gasteiger partial charge in [0.15, 0.2) is 0 Å². The van der Waals surface area contributed by atoms with Crippen molar-refractivity contribution in [1.82, 2.24) is 5.32 Å². The lowest BCUT2D eigenvalue weighted by Crippen LogP contribution is -2.45. The van der Waals surface area contributed by atoms with E-state index in [0.717, 1.165) is 6.42 Å². The molecule has 0 fully saturated rings. The molecule has 0 aliphatic heterocycles. The zero-order valence-electron chi connectivity index (χ0n) is 7.00. The Hall–Kier alpha value is -0.610. The summed E-state index contributed by atoms with van der Waals surface area (Å²) in [5.41, 5.74) is 5.30. The summed E-state index contributed by atoms with van der Waals surface area (Å²) in [7, 11) is 0. The highest BCUT2D eigenvalue weighted by molar-refractivity contribution is 5.81. The smallest absolute Gasteiger partial charge is 0.236 e. The summed E-state index contributed by atoms with van der Waals surface area (Å²) in [6, 6.07) is -0.663. The van der Waals surface area contributed by atoms with Gasteiger partial charge in [0.2, 0.25) is 5.91 Å². The molecule has 2 atom stereocenters. The van der Waals surface area contributed by atoms with Gasteiger partial charge in [-0.05, 0) is 13.3 Å². The molecule has 0 aliphatic rings. The molecule has 0 heterocycles. The van der Waals surface area contributed by atoms with Gasteiger partial charge in [-0.3, -0.25) is 4.79 Å². The highest BCUT2D eigenvalue weighted by atomic mass is 16.3. The van der Waals surface area contributed by atoms with Crippen LogP contribution in [0.3, 0.4) is 0 Å². The van der Waals surface area contributed by atoms with Crippen molar-refractivity contribution in [1.29, 1.82) is 0 Å². The zero-order chi connectivity index (χ0) is 8.85. The van der Waals surface area contributed by atoms with Gasteiger partial charge < -0.3 is 16.2 Å². The number of aliphatic hydroxyl groups is 1. The van der Waals surface area contributed by atoms with E-state index >= 15 is 0 Å². The number of hydrogen-bond acceptors (Lipinski definition) is 3. The van der Waals surface area contributed by atoms with E-state index in [0.29, 0.717) is 0 Å². The first-order valence-corrected chi connectivity index (χ1v) is 3.78. The summed E-state index contributed by atoms with van der Waals surface area (Å²) in [6.07, 6.45) is 0.717. The van der Waals surface area contributed by atoms with Gasteiger partial charge in [0.25, 0.3) is 0 Å². The Morgan fingerprint density at radius 3 is 2.55 bits per heavy atom. The van der Waals surface area contributed by atoms with Crippen LogP contribution in [0.4, 0.5) is 0 Å². The topological polar surface area (TPSA) is 75.3 Å². The molecule has 0 aromatic rings. The standard InChI is InChI=1S/C7H16N2O2/c1-3-6(4-10)9-7(11)5(2)8/h5-6,10H,3-4,8H2,1-2H3,(H,9,11). The van der Waals surface area contributed by atoms with Gasteiger partial charge in [-0.25, -0.2) is 0 Å². The summed E-state index contributed by atoms with van der Waals surface area (Å²) < 4.78 is 0. The molecule has 11 heavy (non-hydrogen) atoms. The lowest BCUT2D eigenvalue weighted by Gasteiger charge is -2.15. The number of hydrogen-bond donors (Lipinski definition) is 3.